The van der Waals surface area contributed by atoms with Crippen molar-refractivity contribution in [3.8, 4) is 0 Å². The summed E-state index contributed by atoms with van der Waals surface area (Å²) < 4.78 is 1.25. The lowest BCUT2D eigenvalue weighted by atomic mass is 9.97. The Balaban J connectivity index is 2.13. The lowest BCUT2D eigenvalue weighted by molar-refractivity contribution is 0.721. The Labute approximate surface area is 123 Å². The molecule has 0 radical (unpaired) electrons. The van der Waals surface area contributed by atoms with Crippen LogP contribution in [0.3, 0.4) is 0 Å². The molecule has 0 aliphatic rings. The van der Waals surface area contributed by atoms with Gasteiger partial charge in [0.15, 0.2) is 0 Å². The van der Waals surface area contributed by atoms with Gasteiger partial charge in [0.25, 0.3) is 0 Å². The van der Waals surface area contributed by atoms with Gasteiger partial charge >= 0.3 is 0 Å². The number of nitrogens with two attached hydrogens (primary N) is 1. The zero-order chi connectivity index (χ0) is 13.1. The van der Waals surface area contributed by atoms with E-state index in [1.54, 1.807) is 0 Å². The van der Waals surface area contributed by atoms with E-state index in [-0.39, 0.29) is 6.04 Å². The third-order valence-corrected chi connectivity index (χ3v) is 4.04. The maximum atomic E-state index is 6.26. The average molecular weight is 351 g/mol. The first-order chi connectivity index (χ1) is 8.56. The standard InChI is InChI=1S/C16H18IN/c1-11-3-4-13(9-12(11)2)10-16(18)14-5-7-15(17)8-6-14/h3-9,16H,10,18H2,1-2H3. The Morgan fingerprint density at radius 2 is 1.67 bits per heavy atom. The average Bonchev–Trinajstić information content (AvgIpc) is 2.34. The van der Waals surface area contributed by atoms with Crippen LogP contribution in [0.4, 0.5) is 0 Å². The number of rotatable bonds is 3. The van der Waals surface area contributed by atoms with Gasteiger partial charge in [0.05, 0.1) is 0 Å². The summed E-state index contributed by atoms with van der Waals surface area (Å²) in [6.45, 7) is 4.29. The van der Waals surface area contributed by atoms with E-state index in [1.165, 1.54) is 25.8 Å². The molecule has 2 heteroatoms. The van der Waals surface area contributed by atoms with E-state index in [2.05, 4.69) is 78.9 Å². The van der Waals surface area contributed by atoms with E-state index in [0.717, 1.165) is 6.42 Å². The quantitative estimate of drug-likeness (QED) is 0.826. The summed E-state index contributed by atoms with van der Waals surface area (Å²) in [5, 5.41) is 0. The number of hydrogen-bond donors (Lipinski definition) is 1. The highest BCUT2D eigenvalue weighted by molar-refractivity contribution is 14.1. The van der Waals surface area contributed by atoms with Gasteiger partial charge in [-0.25, -0.2) is 0 Å². The first-order valence-electron chi connectivity index (χ1n) is 6.13. The Bertz CT molecular complexity index is 531. The van der Waals surface area contributed by atoms with E-state index in [9.17, 15) is 0 Å². The summed E-state index contributed by atoms with van der Waals surface area (Å²) in [5.41, 5.74) is 11.4. The molecular weight excluding hydrogens is 333 g/mol. The fraction of sp³-hybridized carbons (Fsp3) is 0.250. The molecule has 2 rings (SSSR count). The van der Waals surface area contributed by atoms with Crippen LogP contribution in [0.5, 0.6) is 0 Å². The predicted molar refractivity (Wildman–Crippen MR) is 85.7 cm³/mol. The molecule has 18 heavy (non-hydrogen) atoms. The Morgan fingerprint density at radius 3 is 2.28 bits per heavy atom. The molecule has 0 heterocycles. The fourth-order valence-electron chi connectivity index (χ4n) is 2.01. The second-order valence-electron chi connectivity index (χ2n) is 4.78. The van der Waals surface area contributed by atoms with Crippen molar-refractivity contribution in [3.63, 3.8) is 0 Å². The van der Waals surface area contributed by atoms with Crippen molar-refractivity contribution in [2.45, 2.75) is 26.3 Å². The van der Waals surface area contributed by atoms with Crippen LogP contribution in [0.15, 0.2) is 42.5 Å². The van der Waals surface area contributed by atoms with Crippen LogP contribution < -0.4 is 5.73 Å². The summed E-state index contributed by atoms with van der Waals surface area (Å²) in [5.74, 6) is 0. The van der Waals surface area contributed by atoms with Gasteiger partial charge in [0.1, 0.15) is 0 Å². The van der Waals surface area contributed by atoms with Gasteiger partial charge in [-0.2, -0.15) is 0 Å². The van der Waals surface area contributed by atoms with E-state index in [4.69, 9.17) is 5.73 Å². The van der Waals surface area contributed by atoms with Gasteiger partial charge in [-0.15, -0.1) is 0 Å². The summed E-state index contributed by atoms with van der Waals surface area (Å²) in [7, 11) is 0. The van der Waals surface area contributed by atoms with Crippen LogP contribution >= 0.6 is 22.6 Å². The van der Waals surface area contributed by atoms with Crippen LogP contribution in [0.25, 0.3) is 0 Å². The summed E-state index contributed by atoms with van der Waals surface area (Å²) in [6.07, 6.45) is 0.891. The lowest BCUT2D eigenvalue weighted by Crippen LogP contribution is -2.13. The van der Waals surface area contributed by atoms with Crippen LogP contribution in [0, 0.1) is 17.4 Å². The zero-order valence-electron chi connectivity index (χ0n) is 10.8. The maximum Gasteiger partial charge on any atom is 0.0335 e. The first kappa shape index (κ1) is 13.6. The second kappa shape index (κ2) is 5.85. The van der Waals surface area contributed by atoms with Crippen LogP contribution in [-0.4, -0.2) is 0 Å². The molecule has 1 nitrogen and oxygen atoms in total. The van der Waals surface area contributed by atoms with Crippen LogP contribution in [0.2, 0.25) is 0 Å². The van der Waals surface area contributed by atoms with Gasteiger partial charge < -0.3 is 5.73 Å². The molecule has 0 spiro atoms. The largest absolute Gasteiger partial charge is 0.324 e. The molecule has 0 fully saturated rings. The zero-order valence-corrected chi connectivity index (χ0v) is 12.9. The van der Waals surface area contributed by atoms with Crippen LogP contribution in [-0.2, 0) is 6.42 Å². The van der Waals surface area contributed by atoms with E-state index < -0.39 is 0 Å². The third kappa shape index (κ3) is 3.33. The third-order valence-electron chi connectivity index (χ3n) is 3.33. The second-order valence-corrected chi connectivity index (χ2v) is 6.03. The topological polar surface area (TPSA) is 26.0 Å². The SMILES string of the molecule is Cc1ccc(CC(N)c2ccc(I)cc2)cc1C. The van der Waals surface area contributed by atoms with E-state index in [1.807, 2.05) is 0 Å². The molecule has 0 amide bonds. The van der Waals surface area contributed by atoms with Crippen molar-refractivity contribution in [1.29, 1.82) is 0 Å². The van der Waals surface area contributed by atoms with Gasteiger partial charge in [-0.1, -0.05) is 30.3 Å². The minimum Gasteiger partial charge on any atom is -0.324 e. The van der Waals surface area contributed by atoms with E-state index in [0.29, 0.717) is 0 Å². The highest BCUT2D eigenvalue weighted by atomic mass is 127. The molecule has 2 N–H and O–H groups in total. The van der Waals surface area contributed by atoms with Gasteiger partial charge in [-0.3, -0.25) is 0 Å². The molecular formula is C16H18IN. The highest BCUT2D eigenvalue weighted by Crippen LogP contribution is 2.19. The Morgan fingerprint density at radius 1 is 1.00 bits per heavy atom. The summed E-state index contributed by atoms with van der Waals surface area (Å²) >= 11 is 2.31. The smallest absolute Gasteiger partial charge is 0.0335 e. The van der Waals surface area contributed by atoms with Gasteiger partial charge in [0.2, 0.25) is 0 Å². The molecule has 1 unspecified atom stereocenters. The van der Waals surface area contributed by atoms with Crippen molar-refractivity contribution in [2.24, 2.45) is 5.73 Å². The molecule has 0 saturated carbocycles. The van der Waals surface area contributed by atoms with Crippen molar-refractivity contribution >= 4 is 22.6 Å². The number of aryl methyl sites for hydroxylation is 2. The van der Waals surface area contributed by atoms with Gasteiger partial charge in [0, 0.05) is 9.61 Å². The first-order valence-corrected chi connectivity index (χ1v) is 7.21. The Kier molecular flexibility index (Phi) is 4.40. The molecule has 2 aromatic carbocycles. The molecule has 2 aromatic rings. The number of halogens is 1. The minimum atomic E-state index is 0.0732. The van der Waals surface area contributed by atoms with Crippen molar-refractivity contribution in [1.82, 2.24) is 0 Å². The van der Waals surface area contributed by atoms with Crippen molar-refractivity contribution in [2.75, 3.05) is 0 Å². The molecule has 1 atom stereocenters. The molecule has 0 aliphatic carbocycles. The molecule has 0 bridgehead atoms. The normalized spacial score (nSPS) is 12.4. The number of benzene rings is 2. The monoisotopic (exact) mass is 351 g/mol. The summed E-state index contributed by atoms with van der Waals surface area (Å²) in [4.78, 5) is 0. The van der Waals surface area contributed by atoms with Crippen molar-refractivity contribution in [3.05, 3.63) is 68.3 Å². The molecule has 0 aliphatic heterocycles. The molecule has 94 valence electrons. The fourth-order valence-corrected chi connectivity index (χ4v) is 2.37. The molecule has 0 aromatic heterocycles. The van der Waals surface area contributed by atoms with Gasteiger partial charge in [-0.05, 0) is 77.2 Å². The molecule has 0 saturated heterocycles. The highest BCUT2D eigenvalue weighted by Gasteiger charge is 2.07. The van der Waals surface area contributed by atoms with Crippen LogP contribution in [0.1, 0.15) is 28.3 Å². The van der Waals surface area contributed by atoms with E-state index >= 15 is 0 Å². The minimum absolute atomic E-state index is 0.0732. The van der Waals surface area contributed by atoms with Crippen molar-refractivity contribution < 1.29 is 0 Å². The number of hydrogen-bond acceptors (Lipinski definition) is 1. The lowest BCUT2D eigenvalue weighted by Gasteiger charge is -2.13. The maximum absolute atomic E-state index is 6.26. The Hall–Kier alpha value is -0.870. The summed E-state index contributed by atoms with van der Waals surface area (Å²) in [6, 6.07) is 15.1. The predicted octanol–water partition coefficient (Wildman–Crippen LogP) is 4.15.